The van der Waals surface area contributed by atoms with Gasteiger partial charge in [-0.2, -0.15) is 5.10 Å². The van der Waals surface area contributed by atoms with E-state index in [-0.39, 0.29) is 18.4 Å². The molecule has 0 aliphatic carbocycles. The second-order valence-corrected chi connectivity index (χ2v) is 5.90. The number of hydrogen-bond donors (Lipinski definition) is 1. The Kier molecular flexibility index (Phi) is 4.26. The van der Waals surface area contributed by atoms with E-state index in [9.17, 15) is 4.79 Å². The third-order valence-electron chi connectivity index (χ3n) is 4.29. The molecule has 1 N–H and O–H groups in total. The van der Waals surface area contributed by atoms with Crippen LogP contribution in [0.15, 0.2) is 61.2 Å². The fraction of sp³-hybridized carbons (Fsp3) is 0.211. The summed E-state index contributed by atoms with van der Waals surface area (Å²) in [6.07, 6.45) is 7.77. The molecule has 126 valence electrons. The van der Waals surface area contributed by atoms with Gasteiger partial charge in [0.25, 0.3) is 0 Å². The van der Waals surface area contributed by atoms with Gasteiger partial charge in [-0.3, -0.25) is 9.78 Å². The Bertz CT molecular complexity index is 877. The summed E-state index contributed by atoms with van der Waals surface area (Å²) >= 11 is 0. The lowest BCUT2D eigenvalue weighted by atomic mass is 9.95. The minimum absolute atomic E-state index is 0.108. The van der Waals surface area contributed by atoms with Crippen molar-refractivity contribution in [2.45, 2.75) is 18.9 Å². The van der Waals surface area contributed by atoms with Gasteiger partial charge in [-0.15, -0.1) is 0 Å². The molecular weight excluding hydrogens is 316 g/mol. The number of hydrogen-bond acceptors (Lipinski definition) is 4. The standard InChI is InChI=1S/C19H18N4O2/c24-19(12-18-15-5-2-1-4-14(15)7-11-25-18)22-16-13-20-9-6-17(16)23-10-3-8-21-23/h1-6,8-10,13,18H,7,11-12H2,(H,22,24). The fourth-order valence-electron chi connectivity index (χ4n) is 3.11. The molecule has 0 radical (unpaired) electrons. The monoisotopic (exact) mass is 334 g/mol. The van der Waals surface area contributed by atoms with Crippen molar-refractivity contribution in [3.05, 3.63) is 72.3 Å². The Labute approximate surface area is 145 Å². The number of aromatic nitrogens is 3. The molecule has 0 spiro atoms. The van der Waals surface area contributed by atoms with E-state index >= 15 is 0 Å². The number of nitrogens with one attached hydrogen (secondary N) is 1. The number of carbonyl (C=O) groups excluding carboxylic acids is 1. The zero-order chi connectivity index (χ0) is 17.1. The van der Waals surface area contributed by atoms with E-state index in [1.165, 1.54) is 5.56 Å². The normalized spacial score (nSPS) is 16.2. The molecular formula is C19H18N4O2. The van der Waals surface area contributed by atoms with Crippen molar-refractivity contribution in [2.75, 3.05) is 11.9 Å². The molecule has 1 aromatic carbocycles. The Balaban J connectivity index is 1.51. The van der Waals surface area contributed by atoms with Gasteiger partial charge >= 0.3 is 0 Å². The third kappa shape index (κ3) is 3.29. The molecule has 6 nitrogen and oxygen atoms in total. The number of ether oxygens (including phenoxy) is 1. The van der Waals surface area contributed by atoms with Crippen LogP contribution in [0.2, 0.25) is 0 Å². The van der Waals surface area contributed by atoms with E-state index < -0.39 is 0 Å². The van der Waals surface area contributed by atoms with Crippen LogP contribution in [-0.2, 0) is 16.0 Å². The van der Waals surface area contributed by atoms with Crippen molar-refractivity contribution in [1.82, 2.24) is 14.8 Å². The molecule has 6 heteroatoms. The highest BCUT2D eigenvalue weighted by molar-refractivity contribution is 5.93. The van der Waals surface area contributed by atoms with Crippen LogP contribution < -0.4 is 5.32 Å². The molecule has 4 rings (SSSR count). The van der Waals surface area contributed by atoms with Crippen molar-refractivity contribution >= 4 is 11.6 Å². The van der Waals surface area contributed by atoms with Crippen LogP contribution in [0, 0.1) is 0 Å². The molecule has 1 atom stereocenters. The molecule has 0 saturated carbocycles. The van der Waals surface area contributed by atoms with Crippen LogP contribution in [0.4, 0.5) is 5.69 Å². The van der Waals surface area contributed by atoms with E-state index in [4.69, 9.17) is 4.74 Å². The number of carbonyl (C=O) groups is 1. The van der Waals surface area contributed by atoms with E-state index in [0.717, 1.165) is 17.7 Å². The number of nitrogens with zero attached hydrogens (tertiary/aromatic N) is 3. The predicted molar refractivity (Wildman–Crippen MR) is 93.4 cm³/mol. The molecule has 2 aromatic heterocycles. The average Bonchev–Trinajstić information content (AvgIpc) is 3.17. The highest BCUT2D eigenvalue weighted by atomic mass is 16.5. The summed E-state index contributed by atoms with van der Waals surface area (Å²) in [5.41, 5.74) is 3.76. The average molecular weight is 334 g/mol. The summed E-state index contributed by atoms with van der Waals surface area (Å²) in [6, 6.07) is 11.8. The van der Waals surface area contributed by atoms with Gasteiger partial charge in [0, 0.05) is 18.6 Å². The summed E-state index contributed by atoms with van der Waals surface area (Å²) in [6.45, 7) is 0.639. The zero-order valence-corrected chi connectivity index (χ0v) is 13.6. The maximum atomic E-state index is 12.6. The van der Waals surface area contributed by atoms with Crippen molar-refractivity contribution in [3.63, 3.8) is 0 Å². The number of benzene rings is 1. The Morgan fingerprint density at radius 2 is 2.16 bits per heavy atom. The van der Waals surface area contributed by atoms with Crippen LogP contribution in [0.25, 0.3) is 5.69 Å². The zero-order valence-electron chi connectivity index (χ0n) is 13.6. The SMILES string of the molecule is O=C(CC1OCCc2ccccc21)Nc1cnccc1-n1cccn1. The largest absolute Gasteiger partial charge is 0.373 e. The Morgan fingerprint density at radius 1 is 1.24 bits per heavy atom. The minimum Gasteiger partial charge on any atom is -0.373 e. The summed E-state index contributed by atoms with van der Waals surface area (Å²) in [7, 11) is 0. The smallest absolute Gasteiger partial charge is 0.227 e. The topological polar surface area (TPSA) is 69.0 Å². The summed E-state index contributed by atoms with van der Waals surface area (Å²) < 4.78 is 7.52. The van der Waals surface area contributed by atoms with Crippen LogP contribution >= 0.6 is 0 Å². The number of anilines is 1. The number of rotatable bonds is 4. The number of fused-ring (bicyclic) bond motifs is 1. The first-order valence-corrected chi connectivity index (χ1v) is 8.24. The van der Waals surface area contributed by atoms with Gasteiger partial charge in [-0.25, -0.2) is 4.68 Å². The second kappa shape index (κ2) is 6.86. The number of pyridine rings is 1. The summed E-state index contributed by atoms with van der Waals surface area (Å²) in [4.78, 5) is 16.7. The van der Waals surface area contributed by atoms with E-state index in [0.29, 0.717) is 12.3 Å². The van der Waals surface area contributed by atoms with Crippen molar-refractivity contribution in [2.24, 2.45) is 0 Å². The maximum Gasteiger partial charge on any atom is 0.227 e. The number of amides is 1. The highest BCUT2D eigenvalue weighted by Crippen LogP contribution is 2.30. The maximum absolute atomic E-state index is 12.6. The van der Waals surface area contributed by atoms with E-state index in [1.807, 2.05) is 36.5 Å². The first kappa shape index (κ1) is 15.5. The van der Waals surface area contributed by atoms with Crippen molar-refractivity contribution < 1.29 is 9.53 Å². The van der Waals surface area contributed by atoms with Gasteiger partial charge in [-0.05, 0) is 29.7 Å². The lowest BCUT2D eigenvalue weighted by Gasteiger charge is -2.25. The molecule has 3 aromatic rings. The summed E-state index contributed by atoms with van der Waals surface area (Å²) in [5.74, 6) is -0.108. The van der Waals surface area contributed by atoms with Crippen molar-refractivity contribution in [1.29, 1.82) is 0 Å². The van der Waals surface area contributed by atoms with Gasteiger partial charge in [-0.1, -0.05) is 24.3 Å². The van der Waals surface area contributed by atoms with Gasteiger partial charge in [0.05, 0.1) is 36.7 Å². The molecule has 1 aliphatic heterocycles. The molecule has 0 saturated heterocycles. The van der Waals surface area contributed by atoms with E-state index in [1.54, 1.807) is 23.3 Å². The lowest BCUT2D eigenvalue weighted by molar-refractivity contribution is -0.119. The van der Waals surface area contributed by atoms with Gasteiger partial charge in [0.2, 0.25) is 5.91 Å². The highest BCUT2D eigenvalue weighted by Gasteiger charge is 2.23. The van der Waals surface area contributed by atoms with Gasteiger partial charge in [0.1, 0.15) is 0 Å². The van der Waals surface area contributed by atoms with E-state index in [2.05, 4.69) is 21.5 Å². The quantitative estimate of drug-likeness (QED) is 0.796. The third-order valence-corrected chi connectivity index (χ3v) is 4.29. The molecule has 3 heterocycles. The van der Waals surface area contributed by atoms with Crippen LogP contribution in [0.3, 0.4) is 0 Å². The van der Waals surface area contributed by atoms with Crippen LogP contribution in [0.1, 0.15) is 23.7 Å². The first-order chi connectivity index (χ1) is 12.3. The van der Waals surface area contributed by atoms with Crippen molar-refractivity contribution in [3.8, 4) is 5.69 Å². The Hall–Kier alpha value is -2.99. The van der Waals surface area contributed by atoms with Crippen LogP contribution in [0.5, 0.6) is 0 Å². The van der Waals surface area contributed by atoms with Gasteiger partial charge in [0.15, 0.2) is 0 Å². The second-order valence-electron chi connectivity index (χ2n) is 5.90. The van der Waals surface area contributed by atoms with Gasteiger partial charge < -0.3 is 10.1 Å². The molecule has 1 unspecified atom stereocenters. The molecule has 1 aliphatic rings. The molecule has 25 heavy (non-hydrogen) atoms. The predicted octanol–water partition coefficient (Wildman–Crippen LogP) is 2.91. The molecule has 1 amide bonds. The fourth-order valence-corrected chi connectivity index (χ4v) is 3.11. The Morgan fingerprint density at radius 3 is 3.04 bits per heavy atom. The molecule has 0 bridgehead atoms. The first-order valence-electron chi connectivity index (χ1n) is 8.24. The summed E-state index contributed by atoms with van der Waals surface area (Å²) in [5, 5.41) is 7.15. The van der Waals surface area contributed by atoms with Crippen LogP contribution in [-0.4, -0.2) is 27.3 Å². The lowest BCUT2D eigenvalue weighted by Crippen LogP contribution is -2.22. The molecule has 0 fully saturated rings. The minimum atomic E-state index is -0.213.